The van der Waals surface area contributed by atoms with Gasteiger partial charge < -0.3 is 14.6 Å². The average Bonchev–Trinajstić information content (AvgIpc) is 3.20. The Labute approximate surface area is 206 Å². The Bertz CT molecular complexity index is 918. The highest BCUT2D eigenvalue weighted by atomic mass is 16.5. The molecule has 1 aromatic rings. The maximum absolute atomic E-state index is 10.3. The molecule has 1 heterocycles. The molecule has 0 amide bonds. The van der Waals surface area contributed by atoms with E-state index in [4.69, 9.17) is 9.47 Å². The molecule has 0 bridgehead atoms. The molecule has 9 atom stereocenters. The van der Waals surface area contributed by atoms with Crippen molar-refractivity contribution in [2.75, 3.05) is 13.8 Å². The molecule has 0 aromatic heterocycles. The molecule has 1 aromatic carbocycles. The first-order valence-corrected chi connectivity index (χ1v) is 14.1. The van der Waals surface area contributed by atoms with Gasteiger partial charge in [0.25, 0.3) is 0 Å². The molecule has 0 saturated heterocycles. The molecular formula is C30H45NO3. The van der Waals surface area contributed by atoms with Crippen LogP contribution in [0.5, 0.6) is 11.5 Å². The van der Waals surface area contributed by atoms with Crippen LogP contribution in [0.1, 0.15) is 84.1 Å². The minimum Gasteiger partial charge on any atom is -0.497 e. The lowest BCUT2D eigenvalue weighted by Crippen LogP contribution is -2.55. The lowest BCUT2D eigenvalue weighted by Gasteiger charge is -2.61. The number of aliphatic hydroxyl groups is 1. The van der Waals surface area contributed by atoms with Gasteiger partial charge in [0.1, 0.15) is 18.2 Å². The lowest BCUT2D eigenvalue weighted by atomic mass is 9.44. The van der Waals surface area contributed by atoms with E-state index in [1.165, 1.54) is 50.5 Å². The summed E-state index contributed by atoms with van der Waals surface area (Å²) in [5.74, 6) is 6.08. The predicted molar refractivity (Wildman–Crippen MR) is 135 cm³/mol. The van der Waals surface area contributed by atoms with Gasteiger partial charge in [0.2, 0.25) is 0 Å². The van der Waals surface area contributed by atoms with Crippen LogP contribution in [0.15, 0.2) is 18.2 Å². The molecule has 4 fully saturated rings. The molecule has 1 aliphatic heterocycles. The highest BCUT2D eigenvalue weighted by Crippen LogP contribution is 2.68. The fraction of sp³-hybridized carbons (Fsp3) is 0.800. The van der Waals surface area contributed by atoms with Crippen LogP contribution in [0.3, 0.4) is 0 Å². The van der Waals surface area contributed by atoms with Crippen LogP contribution < -0.4 is 9.47 Å². The number of hydrogen-bond donors (Lipinski definition) is 1. The van der Waals surface area contributed by atoms with Crippen molar-refractivity contribution in [2.24, 2.45) is 40.4 Å². The zero-order chi connectivity index (χ0) is 23.7. The van der Waals surface area contributed by atoms with Gasteiger partial charge >= 0.3 is 0 Å². The summed E-state index contributed by atoms with van der Waals surface area (Å²) >= 11 is 0. The minimum atomic E-state index is -0.0444. The predicted octanol–water partition coefficient (Wildman–Crippen LogP) is 6.26. The second-order valence-electron chi connectivity index (χ2n) is 13.0. The van der Waals surface area contributed by atoms with E-state index in [9.17, 15) is 5.11 Å². The van der Waals surface area contributed by atoms with E-state index in [1.54, 1.807) is 7.11 Å². The summed E-state index contributed by atoms with van der Waals surface area (Å²) in [6, 6.07) is 6.74. The summed E-state index contributed by atoms with van der Waals surface area (Å²) in [6.07, 6.45) is 11.6. The van der Waals surface area contributed by atoms with Crippen molar-refractivity contribution in [3.8, 4) is 11.5 Å². The number of rotatable bonds is 3. The SMILES string of the molecule is COc1ccc2c(c1)CN([C@H](C)[C@H]1CC[C@H]3[C@@H]4CC[C@H]5C[C@@H](O)CC[C@]5(C)[C@H]4CC[C@]13C)CO2. The summed E-state index contributed by atoms with van der Waals surface area (Å²) in [5, 5.41) is 10.3. The summed E-state index contributed by atoms with van der Waals surface area (Å²) in [5.41, 5.74) is 2.18. The van der Waals surface area contributed by atoms with Crippen LogP contribution in [-0.2, 0) is 6.54 Å². The molecule has 0 spiro atoms. The Hall–Kier alpha value is -1.26. The van der Waals surface area contributed by atoms with Gasteiger partial charge in [-0.25, -0.2) is 0 Å². The van der Waals surface area contributed by atoms with Crippen LogP contribution >= 0.6 is 0 Å². The van der Waals surface area contributed by atoms with E-state index in [0.717, 1.165) is 60.5 Å². The standard InChI is InChI=1S/C30H45NO3/c1-19(31-17-20-15-23(33-4)6-10-28(20)34-18-31)25-8-9-26-24-7-5-21-16-22(32)11-13-29(21,2)27(24)12-14-30(25,26)3/h6,10,15,19,21-22,24-27,32H,5,7-9,11-14,16-18H2,1-4H3/t19-,21+,22+,24+,25-,26+,27+,29+,30-/m1/s1. The third kappa shape index (κ3) is 3.45. The minimum absolute atomic E-state index is 0.0444. The third-order valence-corrected chi connectivity index (χ3v) is 11.9. The third-order valence-electron chi connectivity index (χ3n) is 11.9. The van der Waals surface area contributed by atoms with Gasteiger partial charge in [-0.1, -0.05) is 13.8 Å². The maximum atomic E-state index is 10.3. The van der Waals surface area contributed by atoms with E-state index in [-0.39, 0.29) is 6.10 Å². The largest absolute Gasteiger partial charge is 0.497 e. The van der Waals surface area contributed by atoms with Gasteiger partial charge in [-0.15, -0.1) is 0 Å². The summed E-state index contributed by atoms with van der Waals surface area (Å²) in [7, 11) is 1.74. The van der Waals surface area contributed by atoms with Crippen molar-refractivity contribution in [3.63, 3.8) is 0 Å². The molecule has 0 radical (unpaired) electrons. The smallest absolute Gasteiger partial charge is 0.142 e. The van der Waals surface area contributed by atoms with Crippen molar-refractivity contribution in [1.82, 2.24) is 4.90 Å². The number of hydrogen-bond acceptors (Lipinski definition) is 4. The number of nitrogens with zero attached hydrogens (tertiary/aromatic N) is 1. The van der Waals surface area contributed by atoms with Crippen molar-refractivity contribution in [3.05, 3.63) is 23.8 Å². The Morgan fingerprint density at radius 2 is 1.82 bits per heavy atom. The molecule has 4 heteroatoms. The Morgan fingerprint density at radius 1 is 1.03 bits per heavy atom. The van der Waals surface area contributed by atoms with Crippen LogP contribution in [0.25, 0.3) is 0 Å². The molecular weight excluding hydrogens is 422 g/mol. The highest BCUT2D eigenvalue weighted by molar-refractivity contribution is 5.41. The van der Waals surface area contributed by atoms with Crippen LogP contribution in [0, 0.1) is 40.4 Å². The van der Waals surface area contributed by atoms with Gasteiger partial charge in [-0.2, -0.15) is 0 Å². The summed E-state index contributed by atoms with van der Waals surface area (Å²) < 4.78 is 11.7. The second-order valence-corrected chi connectivity index (χ2v) is 13.0. The first-order chi connectivity index (χ1) is 16.3. The number of ether oxygens (including phenoxy) is 2. The van der Waals surface area contributed by atoms with E-state index in [0.29, 0.717) is 23.6 Å². The molecule has 34 heavy (non-hydrogen) atoms. The molecule has 4 saturated carbocycles. The molecule has 0 unspecified atom stereocenters. The first-order valence-electron chi connectivity index (χ1n) is 14.1. The lowest BCUT2D eigenvalue weighted by molar-refractivity contribution is -0.131. The summed E-state index contributed by atoms with van der Waals surface area (Å²) in [6.45, 7) is 9.39. The zero-order valence-corrected chi connectivity index (χ0v) is 21.8. The van der Waals surface area contributed by atoms with E-state index in [2.05, 4.69) is 37.8 Å². The van der Waals surface area contributed by atoms with Crippen molar-refractivity contribution in [1.29, 1.82) is 0 Å². The van der Waals surface area contributed by atoms with E-state index < -0.39 is 0 Å². The molecule has 1 N–H and O–H groups in total. The number of fused-ring (bicyclic) bond motifs is 6. The average molecular weight is 468 g/mol. The van der Waals surface area contributed by atoms with Gasteiger partial charge in [0.05, 0.1) is 13.2 Å². The maximum Gasteiger partial charge on any atom is 0.142 e. The quantitative estimate of drug-likeness (QED) is 0.570. The van der Waals surface area contributed by atoms with Gasteiger partial charge in [0.15, 0.2) is 0 Å². The second kappa shape index (κ2) is 8.40. The fourth-order valence-electron chi connectivity index (χ4n) is 9.95. The molecule has 4 aliphatic carbocycles. The van der Waals surface area contributed by atoms with Gasteiger partial charge in [-0.3, -0.25) is 4.90 Å². The monoisotopic (exact) mass is 467 g/mol. The van der Waals surface area contributed by atoms with Crippen LogP contribution in [0.4, 0.5) is 0 Å². The van der Waals surface area contributed by atoms with Crippen LogP contribution in [-0.4, -0.2) is 36.0 Å². The first kappa shape index (κ1) is 23.2. The van der Waals surface area contributed by atoms with E-state index >= 15 is 0 Å². The molecule has 188 valence electrons. The van der Waals surface area contributed by atoms with Crippen molar-refractivity contribution < 1.29 is 14.6 Å². The highest BCUT2D eigenvalue weighted by Gasteiger charge is 2.61. The Morgan fingerprint density at radius 3 is 2.65 bits per heavy atom. The topological polar surface area (TPSA) is 41.9 Å². The fourth-order valence-corrected chi connectivity index (χ4v) is 9.95. The molecule has 4 nitrogen and oxygen atoms in total. The number of benzene rings is 1. The Balaban J connectivity index is 1.20. The van der Waals surface area contributed by atoms with Crippen molar-refractivity contribution in [2.45, 2.75) is 97.2 Å². The van der Waals surface area contributed by atoms with Crippen LogP contribution in [0.2, 0.25) is 0 Å². The van der Waals surface area contributed by atoms with E-state index in [1.807, 2.05) is 6.07 Å². The summed E-state index contributed by atoms with van der Waals surface area (Å²) in [4.78, 5) is 2.58. The molecule has 6 rings (SSSR count). The van der Waals surface area contributed by atoms with Crippen molar-refractivity contribution >= 4 is 0 Å². The number of aliphatic hydroxyl groups excluding tert-OH is 1. The van der Waals surface area contributed by atoms with Gasteiger partial charge in [0, 0.05) is 18.2 Å². The normalized spacial score (nSPS) is 44.7. The Kier molecular flexibility index (Phi) is 5.72. The molecule has 5 aliphatic rings. The number of methoxy groups -OCH3 is 1. The zero-order valence-electron chi connectivity index (χ0n) is 21.8. The van der Waals surface area contributed by atoms with Gasteiger partial charge in [-0.05, 0) is 123 Å².